The molecule has 1 fully saturated rings. The van der Waals surface area contributed by atoms with Crippen LogP contribution in [-0.2, 0) is 9.47 Å². The van der Waals surface area contributed by atoms with E-state index in [9.17, 15) is 0 Å². The molecule has 0 radical (unpaired) electrons. The molecule has 1 aliphatic rings. The Labute approximate surface area is 105 Å². The van der Waals surface area contributed by atoms with Gasteiger partial charge < -0.3 is 9.47 Å². The summed E-state index contributed by atoms with van der Waals surface area (Å²) >= 11 is 0. The lowest BCUT2D eigenvalue weighted by Gasteiger charge is -2.17. The van der Waals surface area contributed by atoms with Crippen molar-refractivity contribution in [3.8, 4) is 0 Å². The molecule has 1 heterocycles. The van der Waals surface area contributed by atoms with Crippen LogP contribution in [0.1, 0.15) is 34.1 Å². The number of allylic oxidation sites excluding steroid dienone is 5. The van der Waals surface area contributed by atoms with Crippen LogP contribution in [0, 0.1) is 5.41 Å². The summed E-state index contributed by atoms with van der Waals surface area (Å²) in [5.74, 6) is 0.963. The first-order chi connectivity index (χ1) is 7.89. The predicted molar refractivity (Wildman–Crippen MR) is 71.8 cm³/mol. The average Bonchev–Trinajstić information content (AvgIpc) is 2.96. The smallest absolute Gasteiger partial charge is 0.116 e. The minimum atomic E-state index is 0.0178. The van der Waals surface area contributed by atoms with Crippen LogP contribution in [0.5, 0.6) is 0 Å². The maximum Gasteiger partial charge on any atom is 0.116 e. The zero-order valence-corrected chi connectivity index (χ0v) is 11.5. The highest BCUT2D eigenvalue weighted by Crippen LogP contribution is 2.23. The van der Waals surface area contributed by atoms with E-state index in [0.29, 0.717) is 12.7 Å². The highest BCUT2D eigenvalue weighted by atomic mass is 16.6. The molecule has 2 nitrogen and oxygen atoms in total. The van der Waals surface area contributed by atoms with E-state index in [-0.39, 0.29) is 5.41 Å². The summed E-state index contributed by atoms with van der Waals surface area (Å²) in [6.45, 7) is 13.8. The number of ether oxygens (including phenoxy) is 2. The van der Waals surface area contributed by atoms with Gasteiger partial charge in [0.15, 0.2) is 0 Å². The zero-order valence-electron chi connectivity index (χ0n) is 11.5. The lowest BCUT2D eigenvalue weighted by atomic mass is 9.91. The first-order valence-electron chi connectivity index (χ1n) is 6.15. The van der Waals surface area contributed by atoms with Crippen molar-refractivity contribution < 1.29 is 9.47 Å². The van der Waals surface area contributed by atoms with E-state index in [2.05, 4.69) is 38.7 Å². The standard InChI is InChI=1S/C15H24O2/c1-12(2)7-6-8-15(4,5)9-13(3)16-10-14-11-17-14/h6,8-9,14H,1,7,10-11H2,2-5H3/b8-6-,13-9+. The third kappa shape index (κ3) is 7.01. The van der Waals surface area contributed by atoms with E-state index in [4.69, 9.17) is 9.47 Å². The van der Waals surface area contributed by atoms with Crippen molar-refractivity contribution in [3.63, 3.8) is 0 Å². The maximum atomic E-state index is 5.61. The Morgan fingerprint density at radius 1 is 1.47 bits per heavy atom. The molecule has 1 saturated heterocycles. The van der Waals surface area contributed by atoms with Crippen molar-refractivity contribution in [3.05, 3.63) is 36.1 Å². The summed E-state index contributed by atoms with van der Waals surface area (Å²) in [6.07, 6.45) is 7.76. The van der Waals surface area contributed by atoms with Crippen molar-refractivity contribution in [2.45, 2.75) is 40.2 Å². The van der Waals surface area contributed by atoms with Gasteiger partial charge in [-0.2, -0.15) is 0 Å². The molecular formula is C15H24O2. The summed E-state index contributed by atoms with van der Waals surface area (Å²) in [5, 5.41) is 0. The van der Waals surface area contributed by atoms with Crippen LogP contribution >= 0.6 is 0 Å². The molecule has 17 heavy (non-hydrogen) atoms. The van der Waals surface area contributed by atoms with Gasteiger partial charge in [0.05, 0.1) is 12.4 Å². The lowest BCUT2D eigenvalue weighted by Crippen LogP contribution is -2.06. The second-order valence-corrected chi connectivity index (χ2v) is 5.41. The first kappa shape index (κ1) is 14.0. The largest absolute Gasteiger partial charge is 0.496 e. The van der Waals surface area contributed by atoms with Gasteiger partial charge in [0.25, 0.3) is 0 Å². The fraction of sp³-hybridized carbons (Fsp3) is 0.600. The van der Waals surface area contributed by atoms with Crippen LogP contribution in [0.4, 0.5) is 0 Å². The molecular weight excluding hydrogens is 212 g/mol. The number of epoxide rings is 1. The van der Waals surface area contributed by atoms with Crippen LogP contribution in [0.15, 0.2) is 36.1 Å². The van der Waals surface area contributed by atoms with E-state index >= 15 is 0 Å². The Morgan fingerprint density at radius 3 is 2.65 bits per heavy atom. The molecule has 0 aromatic heterocycles. The second kappa shape index (κ2) is 6.06. The van der Waals surface area contributed by atoms with Gasteiger partial charge in [-0.15, -0.1) is 0 Å². The normalized spacial score (nSPS) is 20.7. The van der Waals surface area contributed by atoms with Crippen LogP contribution in [-0.4, -0.2) is 19.3 Å². The molecule has 1 rings (SSSR count). The number of hydrogen-bond donors (Lipinski definition) is 0. The Balaban J connectivity index is 2.40. The molecule has 1 aliphatic heterocycles. The first-order valence-corrected chi connectivity index (χ1v) is 6.15. The van der Waals surface area contributed by atoms with Crippen molar-refractivity contribution in [1.29, 1.82) is 0 Å². The minimum Gasteiger partial charge on any atom is -0.496 e. The van der Waals surface area contributed by atoms with Gasteiger partial charge in [0.1, 0.15) is 12.7 Å². The molecule has 1 atom stereocenters. The van der Waals surface area contributed by atoms with Gasteiger partial charge in [0, 0.05) is 5.41 Å². The van der Waals surface area contributed by atoms with Crippen molar-refractivity contribution in [1.82, 2.24) is 0 Å². The van der Waals surface area contributed by atoms with Gasteiger partial charge in [0.2, 0.25) is 0 Å². The maximum absolute atomic E-state index is 5.61. The average molecular weight is 236 g/mol. The molecule has 0 amide bonds. The lowest BCUT2D eigenvalue weighted by molar-refractivity contribution is 0.181. The van der Waals surface area contributed by atoms with Crippen molar-refractivity contribution in [2.75, 3.05) is 13.2 Å². The van der Waals surface area contributed by atoms with Crippen molar-refractivity contribution >= 4 is 0 Å². The summed E-state index contributed by atoms with van der Waals surface area (Å²) in [6, 6.07) is 0. The molecule has 0 aromatic carbocycles. The van der Waals surface area contributed by atoms with Crippen molar-refractivity contribution in [2.24, 2.45) is 5.41 Å². The zero-order chi connectivity index (χ0) is 12.9. The third-order valence-corrected chi connectivity index (χ3v) is 2.49. The van der Waals surface area contributed by atoms with Gasteiger partial charge >= 0.3 is 0 Å². The molecule has 0 aromatic rings. The highest BCUT2D eigenvalue weighted by Gasteiger charge is 2.23. The minimum absolute atomic E-state index is 0.0178. The van der Waals surface area contributed by atoms with Gasteiger partial charge in [-0.1, -0.05) is 38.2 Å². The fourth-order valence-electron chi connectivity index (χ4n) is 1.57. The summed E-state index contributed by atoms with van der Waals surface area (Å²) in [5.41, 5.74) is 1.20. The third-order valence-electron chi connectivity index (χ3n) is 2.49. The van der Waals surface area contributed by atoms with Crippen LogP contribution in [0.2, 0.25) is 0 Å². The molecule has 0 bridgehead atoms. The van der Waals surface area contributed by atoms with Crippen LogP contribution in [0.3, 0.4) is 0 Å². The SMILES string of the molecule is C=C(C)C/C=C\C(C)(C)/C=C(\C)OCC1CO1. The van der Waals surface area contributed by atoms with Crippen LogP contribution < -0.4 is 0 Å². The Hall–Kier alpha value is -1.02. The Morgan fingerprint density at radius 2 is 2.12 bits per heavy atom. The topological polar surface area (TPSA) is 21.8 Å². The summed E-state index contributed by atoms with van der Waals surface area (Å²) < 4.78 is 10.7. The fourth-order valence-corrected chi connectivity index (χ4v) is 1.57. The van der Waals surface area contributed by atoms with E-state index in [1.807, 2.05) is 13.8 Å². The second-order valence-electron chi connectivity index (χ2n) is 5.41. The molecule has 0 saturated carbocycles. The predicted octanol–water partition coefficient (Wildman–Crippen LogP) is 3.85. The van der Waals surface area contributed by atoms with E-state index in [1.165, 1.54) is 5.57 Å². The Kier molecular flexibility index (Phi) is 5.01. The van der Waals surface area contributed by atoms with E-state index in [0.717, 1.165) is 18.8 Å². The van der Waals surface area contributed by atoms with Gasteiger partial charge in [-0.25, -0.2) is 0 Å². The van der Waals surface area contributed by atoms with Crippen LogP contribution in [0.25, 0.3) is 0 Å². The number of rotatable bonds is 7. The molecule has 0 N–H and O–H groups in total. The molecule has 0 aliphatic carbocycles. The Bertz CT molecular complexity index is 320. The van der Waals surface area contributed by atoms with E-state index < -0.39 is 0 Å². The molecule has 0 spiro atoms. The summed E-state index contributed by atoms with van der Waals surface area (Å²) in [7, 11) is 0. The molecule has 2 heteroatoms. The van der Waals surface area contributed by atoms with Gasteiger partial charge in [-0.05, 0) is 26.3 Å². The summed E-state index contributed by atoms with van der Waals surface area (Å²) in [4.78, 5) is 0. The highest BCUT2D eigenvalue weighted by molar-refractivity contribution is 5.11. The van der Waals surface area contributed by atoms with Gasteiger partial charge in [-0.3, -0.25) is 0 Å². The molecule has 1 unspecified atom stereocenters. The van der Waals surface area contributed by atoms with E-state index in [1.54, 1.807) is 0 Å². The monoisotopic (exact) mass is 236 g/mol. The quantitative estimate of drug-likeness (QED) is 0.380. The molecule has 96 valence electrons. The number of hydrogen-bond acceptors (Lipinski definition) is 2.